The highest BCUT2D eigenvalue weighted by atomic mass is 79.9. The SMILES string of the molecule is CCOc1ccc(-c2nnc(SCc3cccc(Br)c3)o2)cc1. The van der Waals surface area contributed by atoms with Gasteiger partial charge in [0, 0.05) is 15.8 Å². The zero-order valence-electron chi connectivity index (χ0n) is 12.5. The summed E-state index contributed by atoms with van der Waals surface area (Å²) >= 11 is 4.99. The van der Waals surface area contributed by atoms with Gasteiger partial charge >= 0.3 is 0 Å². The summed E-state index contributed by atoms with van der Waals surface area (Å²) in [4.78, 5) is 0. The van der Waals surface area contributed by atoms with Crippen molar-refractivity contribution in [2.45, 2.75) is 17.9 Å². The maximum absolute atomic E-state index is 5.71. The average Bonchev–Trinajstić information content (AvgIpc) is 3.03. The van der Waals surface area contributed by atoms with E-state index in [1.54, 1.807) is 0 Å². The first-order valence-electron chi connectivity index (χ1n) is 7.18. The van der Waals surface area contributed by atoms with Gasteiger partial charge in [0.25, 0.3) is 5.22 Å². The molecule has 4 nitrogen and oxygen atoms in total. The van der Waals surface area contributed by atoms with Crippen molar-refractivity contribution < 1.29 is 9.15 Å². The van der Waals surface area contributed by atoms with Crippen molar-refractivity contribution in [2.24, 2.45) is 0 Å². The molecule has 1 aromatic heterocycles. The van der Waals surface area contributed by atoms with Gasteiger partial charge in [0.1, 0.15) is 5.75 Å². The van der Waals surface area contributed by atoms with Crippen molar-refractivity contribution in [1.29, 1.82) is 0 Å². The summed E-state index contributed by atoms with van der Waals surface area (Å²) in [5, 5.41) is 8.76. The number of aromatic nitrogens is 2. The normalized spacial score (nSPS) is 10.7. The molecule has 0 N–H and O–H groups in total. The van der Waals surface area contributed by atoms with Gasteiger partial charge in [-0.2, -0.15) is 0 Å². The van der Waals surface area contributed by atoms with E-state index < -0.39 is 0 Å². The topological polar surface area (TPSA) is 48.2 Å². The zero-order chi connectivity index (χ0) is 16.1. The van der Waals surface area contributed by atoms with Crippen LogP contribution in [0, 0.1) is 0 Å². The lowest BCUT2D eigenvalue weighted by Gasteiger charge is -2.02. The highest BCUT2D eigenvalue weighted by molar-refractivity contribution is 9.10. The second-order valence-electron chi connectivity index (χ2n) is 4.75. The molecule has 0 saturated carbocycles. The monoisotopic (exact) mass is 390 g/mol. The van der Waals surface area contributed by atoms with Crippen molar-refractivity contribution in [3.8, 4) is 17.2 Å². The second-order valence-corrected chi connectivity index (χ2v) is 6.59. The Hall–Kier alpha value is -1.79. The largest absolute Gasteiger partial charge is 0.494 e. The van der Waals surface area contributed by atoms with Crippen LogP contribution in [0.5, 0.6) is 5.75 Å². The average molecular weight is 391 g/mol. The van der Waals surface area contributed by atoms with E-state index in [1.807, 2.05) is 43.3 Å². The molecule has 118 valence electrons. The number of hydrogen-bond donors (Lipinski definition) is 0. The lowest BCUT2D eigenvalue weighted by atomic mass is 10.2. The van der Waals surface area contributed by atoms with E-state index >= 15 is 0 Å². The molecular formula is C17H15BrN2O2S. The predicted octanol–water partition coefficient (Wildman–Crippen LogP) is 5.19. The van der Waals surface area contributed by atoms with Gasteiger partial charge in [-0.3, -0.25) is 0 Å². The van der Waals surface area contributed by atoms with Crippen LogP contribution in [0.2, 0.25) is 0 Å². The van der Waals surface area contributed by atoms with Crippen LogP contribution in [0.25, 0.3) is 11.5 Å². The Bertz CT molecular complexity index is 774. The molecular weight excluding hydrogens is 376 g/mol. The van der Waals surface area contributed by atoms with Gasteiger partial charge in [-0.15, -0.1) is 10.2 Å². The number of nitrogens with zero attached hydrogens (tertiary/aromatic N) is 2. The van der Waals surface area contributed by atoms with Crippen LogP contribution in [-0.4, -0.2) is 16.8 Å². The van der Waals surface area contributed by atoms with E-state index in [4.69, 9.17) is 9.15 Å². The Labute approximate surface area is 147 Å². The molecule has 0 radical (unpaired) electrons. The number of rotatable bonds is 6. The molecule has 0 fully saturated rings. The number of halogens is 1. The molecule has 0 unspecified atom stereocenters. The number of benzene rings is 2. The van der Waals surface area contributed by atoms with Crippen LogP contribution < -0.4 is 4.74 Å². The van der Waals surface area contributed by atoms with E-state index in [0.29, 0.717) is 17.7 Å². The summed E-state index contributed by atoms with van der Waals surface area (Å²) < 4.78 is 12.2. The zero-order valence-corrected chi connectivity index (χ0v) is 14.9. The summed E-state index contributed by atoms with van der Waals surface area (Å²) in [7, 11) is 0. The Morgan fingerprint density at radius 1 is 1.13 bits per heavy atom. The standard InChI is InChI=1S/C17H15BrN2O2S/c1-2-21-15-8-6-13(7-9-15)16-19-20-17(22-16)23-11-12-4-3-5-14(18)10-12/h3-10H,2,11H2,1H3. The molecule has 0 amide bonds. The number of thioether (sulfide) groups is 1. The Balaban J connectivity index is 1.65. The van der Waals surface area contributed by atoms with Crippen LogP contribution >= 0.6 is 27.7 Å². The van der Waals surface area contributed by atoms with Crippen molar-refractivity contribution in [2.75, 3.05) is 6.61 Å². The number of ether oxygens (including phenoxy) is 1. The third-order valence-electron chi connectivity index (χ3n) is 3.07. The van der Waals surface area contributed by atoms with Gasteiger partial charge in [0.05, 0.1) is 6.61 Å². The third-order valence-corrected chi connectivity index (χ3v) is 4.45. The van der Waals surface area contributed by atoms with Crippen LogP contribution in [0.3, 0.4) is 0 Å². The molecule has 0 atom stereocenters. The van der Waals surface area contributed by atoms with Gasteiger partial charge in [-0.1, -0.05) is 39.8 Å². The Kier molecular flexibility index (Phi) is 5.35. The van der Waals surface area contributed by atoms with Gasteiger partial charge in [-0.25, -0.2) is 0 Å². The molecule has 6 heteroatoms. The fourth-order valence-corrected chi connectivity index (χ4v) is 3.17. The second kappa shape index (κ2) is 7.66. The smallest absolute Gasteiger partial charge is 0.277 e. The molecule has 3 rings (SSSR count). The minimum atomic E-state index is 0.518. The summed E-state index contributed by atoms with van der Waals surface area (Å²) in [6.07, 6.45) is 0. The van der Waals surface area contributed by atoms with Gasteiger partial charge in [0.2, 0.25) is 5.89 Å². The summed E-state index contributed by atoms with van der Waals surface area (Å²) in [6.45, 7) is 2.61. The van der Waals surface area contributed by atoms with E-state index in [9.17, 15) is 0 Å². The van der Waals surface area contributed by atoms with Crippen LogP contribution in [0.4, 0.5) is 0 Å². The van der Waals surface area contributed by atoms with Crippen molar-refractivity contribution >= 4 is 27.7 Å². The minimum Gasteiger partial charge on any atom is -0.494 e. The molecule has 0 aliphatic rings. The molecule has 23 heavy (non-hydrogen) atoms. The molecule has 0 saturated heterocycles. The van der Waals surface area contributed by atoms with Crippen molar-refractivity contribution in [1.82, 2.24) is 10.2 Å². The predicted molar refractivity (Wildman–Crippen MR) is 94.6 cm³/mol. The van der Waals surface area contributed by atoms with E-state index in [1.165, 1.54) is 17.3 Å². The van der Waals surface area contributed by atoms with Crippen LogP contribution in [0.1, 0.15) is 12.5 Å². The van der Waals surface area contributed by atoms with E-state index in [2.05, 4.69) is 38.3 Å². The fraction of sp³-hybridized carbons (Fsp3) is 0.176. The summed E-state index contributed by atoms with van der Waals surface area (Å²) in [6, 6.07) is 15.8. The molecule has 2 aromatic carbocycles. The molecule has 3 aromatic rings. The van der Waals surface area contributed by atoms with Gasteiger partial charge in [0.15, 0.2) is 0 Å². The van der Waals surface area contributed by atoms with Gasteiger partial charge in [-0.05, 0) is 48.9 Å². The lowest BCUT2D eigenvalue weighted by Crippen LogP contribution is -1.90. The summed E-state index contributed by atoms with van der Waals surface area (Å²) in [5.74, 6) is 2.13. The number of hydrogen-bond acceptors (Lipinski definition) is 5. The first-order chi connectivity index (χ1) is 11.2. The third kappa shape index (κ3) is 4.36. The van der Waals surface area contributed by atoms with Crippen LogP contribution in [0.15, 0.2) is 62.6 Å². The molecule has 0 spiro atoms. The Morgan fingerprint density at radius 2 is 1.96 bits per heavy atom. The minimum absolute atomic E-state index is 0.518. The highest BCUT2D eigenvalue weighted by Crippen LogP contribution is 2.27. The molecule has 0 bridgehead atoms. The molecule has 0 aliphatic heterocycles. The highest BCUT2D eigenvalue weighted by Gasteiger charge is 2.09. The fourth-order valence-electron chi connectivity index (χ4n) is 2.02. The molecule has 1 heterocycles. The first kappa shape index (κ1) is 16.1. The maximum Gasteiger partial charge on any atom is 0.277 e. The van der Waals surface area contributed by atoms with E-state index in [0.717, 1.165) is 21.5 Å². The summed E-state index contributed by atoms with van der Waals surface area (Å²) in [5.41, 5.74) is 2.08. The Morgan fingerprint density at radius 3 is 2.70 bits per heavy atom. The van der Waals surface area contributed by atoms with Crippen LogP contribution in [-0.2, 0) is 5.75 Å². The quantitative estimate of drug-likeness (QED) is 0.541. The molecule has 0 aliphatic carbocycles. The van der Waals surface area contributed by atoms with Gasteiger partial charge < -0.3 is 9.15 Å². The first-order valence-corrected chi connectivity index (χ1v) is 8.96. The maximum atomic E-state index is 5.71. The van der Waals surface area contributed by atoms with Crippen molar-refractivity contribution in [3.63, 3.8) is 0 Å². The van der Waals surface area contributed by atoms with E-state index in [-0.39, 0.29) is 0 Å². The lowest BCUT2D eigenvalue weighted by molar-refractivity contribution is 0.340. The van der Waals surface area contributed by atoms with Crippen molar-refractivity contribution in [3.05, 3.63) is 58.6 Å².